The Morgan fingerprint density at radius 2 is 1.38 bits per heavy atom. The molecule has 0 heterocycles. The van der Waals surface area contributed by atoms with E-state index < -0.39 is 0 Å². The van der Waals surface area contributed by atoms with Crippen LogP contribution in [0.25, 0.3) is 0 Å². The molecule has 2 heteroatoms. The van der Waals surface area contributed by atoms with Gasteiger partial charge in [-0.05, 0) is 23.0 Å². The van der Waals surface area contributed by atoms with E-state index in [1.165, 1.54) is 5.56 Å². The summed E-state index contributed by atoms with van der Waals surface area (Å²) in [6.07, 6.45) is 0. The number of hydrogen-bond donors (Lipinski definition) is 2. The summed E-state index contributed by atoms with van der Waals surface area (Å²) >= 11 is 0. The van der Waals surface area contributed by atoms with Gasteiger partial charge in [-0.25, -0.2) is 0 Å². The molecule has 0 amide bonds. The smallest absolute Gasteiger partial charge is 0.0626 e. The van der Waals surface area contributed by atoms with Gasteiger partial charge >= 0.3 is 0 Å². The van der Waals surface area contributed by atoms with Crippen molar-refractivity contribution in [1.29, 1.82) is 0 Å². The van der Waals surface area contributed by atoms with Crippen molar-refractivity contribution in [3.05, 3.63) is 71.8 Å². The van der Waals surface area contributed by atoms with Crippen LogP contribution >= 0.6 is 0 Å². The topological polar surface area (TPSA) is 32.3 Å². The van der Waals surface area contributed by atoms with Crippen LogP contribution in [-0.4, -0.2) is 18.3 Å². The van der Waals surface area contributed by atoms with E-state index in [0.29, 0.717) is 11.8 Å². The van der Waals surface area contributed by atoms with Crippen molar-refractivity contribution in [2.75, 3.05) is 13.2 Å². The van der Waals surface area contributed by atoms with E-state index in [2.05, 4.69) is 61.6 Å². The highest BCUT2D eigenvalue weighted by atomic mass is 16.3. The molecule has 0 aliphatic rings. The first kappa shape index (κ1) is 15.7. The van der Waals surface area contributed by atoms with Crippen LogP contribution in [0.5, 0.6) is 0 Å². The number of nitrogens with one attached hydrogen (secondary N) is 1. The van der Waals surface area contributed by atoms with Gasteiger partial charge in [0.1, 0.15) is 0 Å². The molecule has 2 atom stereocenters. The largest absolute Gasteiger partial charge is 0.394 e. The highest BCUT2D eigenvalue weighted by molar-refractivity contribution is 5.22. The standard InChI is InChI=1S/C19H25NO/c1-15(2)18(16-9-5-3-6-10-16)13-20-19(14-21)17-11-7-4-8-12-17/h3-12,15,18-21H,13-14H2,1-2H3/t18?,19-/m0/s1. The molecule has 2 aromatic carbocycles. The second-order valence-corrected chi connectivity index (χ2v) is 5.82. The molecule has 2 N–H and O–H groups in total. The SMILES string of the molecule is CC(C)C(CN[C@@H](CO)c1ccccc1)c1ccccc1. The Morgan fingerprint density at radius 3 is 1.86 bits per heavy atom. The molecule has 0 spiro atoms. The third kappa shape index (κ3) is 4.42. The third-order valence-corrected chi connectivity index (χ3v) is 4.00. The molecule has 0 radical (unpaired) electrons. The van der Waals surface area contributed by atoms with Crippen LogP contribution in [0.15, 0.2) is 60.7 Å². The molecule has 2 nitrogen and oxygen atoms in total. The monoisotopic (exact) mass is 283 g/mol. The second kappa shape index (κ2) is 7.96. The molecule has 0 aliphatic carbocycles. The number of benzene rings is 2. The van der Waals surface area contributed by atoms with E-state index in [0.717, 1.165) is 12.1 Å². The molecule has 2 rings (SSSR count). The highest BCUT2D eigenvalue weighted by Gasteiger charge is 2.18. The summed E-state index contributed by atoms with van der Waals surface area (Å²) in [6, 6.07) is 20.7. The van der Waals surface area contributed by atoms with E-state index >= 15 is 0 Å². The Labute approximate surface area is 127 Å². The Bertz CT molecular complexity index is 510. The highest BCUT2D eigenvalue weighted by Crippen LogP contribution is 2.24. The zero-order valence-electron chi connectivity index (χ0n) is 12.9. The lowest BCUT2D eigenvalue weighted by Gasteiger charge is -2.25. The summed E-state index contributed by atoms with van der Waals surface area (Å²) in [5, 5.41) is 13.2. The summed E-state index contributed by atoms with van der Waals surface area (Å²) in [5.74, 6) is 0.999. The van der Waals surface area contributed by atoms with Gasteiger partial charge in [0.05, 0.1) is 12.6 Å². The summed E-state index contributed by atoms with van der Waals surface area (Å²) in [6.45, 7) is 5.47. The van der Waals surface area contributed by atoms with Gasteiger partial charge in [0, 0.05) is 6.54 Å². The molecule has 1 unspecified atom stereocenters. The average molecular weight is 283 g/mol. The maximum atomic E-state index is 9.64. The van der Waals surface area contributed by atoms with E-state index in [1.54, 1.807) is 0 Å². The van der Waals surface area contributed by atoms with E-state index in [1.807, 2.05) is 18.2 Å². The van der Waals surface area contributed by atoms with Gasteiger partial charge in [-0.1, -0.05) is 74.5 Å². The minimum Gasteiger partial charge on any atom is -0.394 e. The van der Waals surface area contributed by atoms with E-state index in [4.69, 9.17) is 0 Å². The number of aliphatic hydroxyl groups is 1. The predicted molar refractivity (Wildman–Crippen MR) is 88.3 cm³/mol. The Balaban J connectivity index is 2.04. The Hall–Kier alpha value is -1.64. The second-order valence-electron chi connectivity index (χ2n) is 5.82. The Kier molecular flexibility index (Phi) is 5.97. The third-order valence-electron chi connectivity index (χ3n) is 4.00. The van der Waals surface area contributed by atoms with Crippen LogP contribution in [0.3, 0.4) is 0 Å². The molecule has 0 fully saturated rings. The molecule has 0 aliphatic heterocycles. The van der Waals surface area contributed by atoms with Crippen LogP contribution in [0.1, 0.15) is 36.9 Å². The fraction of sp³-hybridized carbons (Fsp3) is 0.368. The summed E-state index contributed by atoms with van der Waals surface area (Å²) in [7, 11) is 0. The fourth-order valence-electron chi connectivity index (χ4n) is 2.68. The predicted octanol–water partition coefficient (Wildman–Crippen LogP) is 3.75. The fourth-order valence-corrected chi connectivity index (χ4v) is 2.68. The summed E-state index contributed by atoms with van der Waals surface area (Å²) < 4.78 is 0. The minimum atomic E-state index is -0.00355. The van der Waals surface area contributed by atoms with E-state index in [-0.39, 0.29) is 12.6 Å². The maximum Gasteiger partial charge on any atom is 0.0626 e. The lowest BCUT2D eigenvalue weighted by atomic mass is 9.88. The normalized spacial score (nSPS) is 14.1. The van der Waals surface area contributed by atoms with Gasteiger partial charge in [-0.2, -0.15) is 0 Å². The summed E-state index contributed by atoms with van der Waals surface area (Å²) in [5.41, 5.74) is 2.49. The molecule has 2 aromatic rings. The van der Waals surface area contributed by atoms with Crippen LogP contribution in [-0.2, 0) is 0 Å². The van der Waals surface area contributed by atoms with Gasteiger partial charge in [-0.15, -0.1) is 0 Å². The van der Waals surface area contributed by atoms with Crippen molar-refractivity contribution in [2.45, 2.75) is 25.8 Å². The van der Waals surface area contributed by atoms with Crippen molar-refractivity contribution in [3.63, 3.8) is 0 Å². The van der Waals surface area contributed by atoms with Crippen molar-refractivity contribution >= 4 is 0 Å². The average Bonchev–Trinajstić information content (AvgIpc) is 2.53. The quantitative estimate of drug-likeness (QED) is 0.811. The van der Waals surface area contributed by atoms with Gasteiger partial charge in [0.25, 0.3) is 0 Å². The lowest BCUT2D eigenvalue weighted by molar-refractivity contribution is 0.239. The van der Waals surface area contributed by atoms with Gasteiger partial charge in [0.15, 0.2) is 0 Å². The number of aliphatic hydroxyl groups excluding tert-OH is 1. The van der Waals surface area contributed by atoms with Crippen molar-refractivity contribution in [2.24, 2.45) is 5.92 Å². The minimum absolute atomic E-state index is 0.00355. The van der Waals surface area contributed by atoms with Crippen molar-refractivity contribution in [3.8, 4) is 0 Å². The molecular weight excluding hydrogens is 258 g/mol. The number of hydrogen-bond acceptors (Lipinski definition) is 2. The molecular formula is C19H25NO. The molecule has 0 aromatic heterocycles. The van der Waals surface area contributed by atoms with Crippen molar-refractivity contribution < 1.29 is 5.11 Å². The molecule has 0 saturated heterocycles. The maximum absolute atomic E-state index is 9.64. The van der Waals surface area contributed by atoms with Gasteiger partial charge in [0.2, 0.25) is 0 Å². The zero-order chi connectivity index (χ0) is 15.1. The Morgan fingerprint density at radius 1 is 0.857 bits per heavy atom. The van der Waals surface area contributed by atoms with Crippen LogP contribution in [0.2, 0.25) is 0 Å². The first-order valence-electron chi connectivity index (χ1n) is 7.66. The van der Waals surface area contributed by atoms with Crippen LogP contribution in [0, 0.1) is 5.92 Å². The van der Waals surface area contributed by atoms with Crippen LogP contribution in [0.4, 0.5) is 0 Å². The van der Waals surface area contributed by atoms with Gasteiger partial charge in [-0.3, -0.25) is 0 Å². The van der Waals surface area contributed by atoms with Gasteiger partial charge < -0.3 is 10.4 Å². The first-order chi connectivity index (χ1) is 10.2. The number of rotatable bonds is 7. The molecule has 0 saturated carbocycles. The molecule has 112 valence electrons. The zero-order valence-corrected chi connectivity index (χ0v) is 12.9. The molecule has 0 bridgehead atoms. The first-order valence-corrected chi connectivity index (χ1v) is 7.66. The van der Waals surface area contributed by atoms with Crippen molar-refractivity contribution in [1.82, 2.24) is 5.32 Å². The molecule has 21 heavy (non-hydrogen) atoms. The lowest BCUT2D eigenvalue weighted by Crippen LogP contribution is -2.30. The van der Waals surface area contributed by atoms with E-state index in [9.17, 15) is 5.11 Å². The summed E-state index contributed by atoms with van der Waals surface area (Å²) in [4.78, 5) is 0. The van der Waals surface area contributed by atoms with Crippen LogP contribution < -0.4 is 5.32 Å².